The molecule has 1 aromatic carbocycles. The molecule has 32 heavy (non-hydrogen) atoms. The molecule has 5 rings (SSSR count). The second-order valence-corrected chi connectivity index (χ2v) is 8.60. The summed E-state index contributed by atoms with van der Waals surface area (Å²) in [4.78, 5) is 32.9. The molecule has 2 fully saturated rings. The van der Waals surface area contributed by atoms with Gasteiger partial charge in [-0.3, -0.25) is 9.78 Å². The molecule has 2 saturated heterocycles. The summed E-state index contributed by atoms with van der Waals surface area (Å²) in [6.07, 6.45) is 6.82. The third kappa shape index (κ3) is 4.55. The molecule has 8 nitrogen and oxygen atoms in total. The molecule has 0 unspecified atom stereocenters. The number of piperidine rings is 1. The largest absolute Gasteiger partial charge is 0.490 e. The minimum atomic E-state index is -0.249. The van der Waals surface area contributed by atoms with E-state index >= 15 is 0 Å². The number of likely N-dealkylation sites (tertiary alicyclic amines) is 1. The number of carbonyl (C=O) groups is 2. The molecule has 0 saturated carbocycles. The number of carbonyl (C=O) groups excluding carboxylic acids is 2. The number of pyridine rings is 1. The number of urea groups is 1. The second-order valence-electron chi connectivity index (χ2n) is 8.60. The van der Waals surface area contributed by atoms with E-state index in [9.17, 15) is 9.59 Å². The van der Waals surface area contributed by atoms with Gasteiger partial charge >= 0.3 is 6.03 Å². The van der Waals surface area contributed by atoms with Gasteiger partial charge in [-0.25, -0.2) is 4.79 Å². The fourth-order valence-electron chi connectivity index (χ4n) is 4.55. The maximum atomic E-state index is 12.6. The predicted octanol–water partition coefficient (Wildman–Crippen LogP) is 3.18. The summed E-state index contributed by atoms with van der Waals surface area (Å²) in [5.74, 6) is 0.893. The van der Waals surface area contributed by atoms with Crippen molar-refractivity contribution in [2.75, 3.05) is 25.0 Å². The highest BCUT2D eigenvalue weighted by atomic mass is 16.5. The number of aromatic nitrogens is 1. The van der Waals surface area contributed by atoms with Crippen LogP contribution in [0.15, 0.2) is 42.7 Å². The van der Waals surface area contributed by atoms with Crippen molar-refractivity contribution in [3.05, 3.63) is 53.9 Å². The predicted molar refractivity (Wildman–Crippen MR) is 118 cm³/mol. The van der Waals surface area contributed by atoms with Crippen LogP contribution in [0.5, 0.6) is 5.75 Å². The molecule has 1 N–H and O–H groups in total. The SMILES string of the molecule is O=C(Nc1ccc(OC2CCN(C(=O)[C@H]3CCCO3)CC2)cc1)N1Cc2ccncc2C1. The lowest BCUT2D eigenvalue weighted by Crippen LogP contribution is -2.45. The number of rotatable bonds is 4. The number of hydrogen-bond acceptors (Lipinski definition) is 5. The Hall–Kier alpha value is -3.13. The Bertz CT molecular complexity index is 941. The fourth-order valence-corrected chi connectivity index (χ4v) is 4.55. The molecule has 3 aliphatic heterocycles. The van der Waals surface area contributed by atoms with Crippen LogP contribution in [0.25, 0.3) is 0 Å². The minimum absolute atomic E-state index is 0.0840. The van der Waals surface area contributed by atoms with E-state index < -0.39 is 0 Å². The van der Waals surface area contributed by atoms with Crippen LogP contribution in [0.4, 0.5) is 10.5 Å². The van der Waals surface area contributed by atoms with Crippen LogP contribution in [-0.2, 0) is 22.6 Å². The van der Waals surface area contributed by atoms with Gasteiger partial charge in [0.05, 0.1) is 0 Å². The third-order valence-corrected chi connectivity index (χ3v) is 6.38. The molecule has 4 heterocycles. The lowest BCUT2D eigenvalue weighted by Gasteiger charge is -2.33. The molecule has 3 amide bonds. The van der Waals surface area contributed by atoms with Crippen molar-refractivity contribution < 1.29 is 19.1 Å². The summed E-state index contributed by atoms with van der Waals surface area (Å²) < 4.78 is 11.6. The van der Waals surface area contributed by atoms with Crippen LogP contribution < -0.4 is 10.1 Å². The highest BCUT2D eigenvalue weighted by Gasteiger charge is 2.31. The van der Waals surface area contributed by atoms with Crippen molar-refractivity contribution in [3.8, 4) is 5.75 Å². The van der Waals surface area contributed by atoms with Crippen molar-refractivity contribution in [3.63, 3.8) is 0 Å². The van der Waals surface area contributed by atoms with Crippen molar-refractivity contribution >= 4 is 17.6 Å². The van der Waals surface area contributed by atoms with E-state index in [1.807, 2.05) is 41.4 Å². The molecule has 1 aromatic heterocycles. The first-order chi connectivity index (χ1) is 15.7. The summed E-state index contributed by atoms with van der Waals surface area (Å²) in [5, 5.41) is 2.95. The number of amides is 3. The standard InChI is InChI=1S/C24H28N4O4/c29-23(22-2-1-13-31-22)27-11-8-21(9-12-27)32-20-5-3-19(4-6-20)26-24(30)28-15-17-7-10-25-14-18(17)16-28/h3-7,10,14,21-22H,1-2,8-9,11-13,15-16H2,(H,26,30)/t22-/m1/s1. The van der Waals surface area contributed by atoms with Gasteiger partial charge in [0, 0.05) is 63.7 Å². The van der Waals surface area contributed by atoms with Crippen LogP contribution in [0.3, 0.4) is 0 Å². The summed E-state index contributed by atoms with van der Waals surface area (Å²) in [7, 11) is 0. The Morgan fingerprint density at radius 1 is 1.00 bits per heavy atom. The lowest BCUT2D eigenvalue weighted by molar-refractivity contribution is -0.142. The smallest absolute Gasteiger partial charge is 0.322 e. The van der Waals surface area contributed by atoms with Crippen molar-refractivity contribution in [1.82, 2.24) is 14.8 Å². The number of hydrogen-bond donors (Lipinski definition) is 1. The topological polar surface area (TPSA) is 84.0 Å². The van der Waals surface area contributed by atoms with E-state index in [1.165, 1.54) is 0 Å². The quantitative estimate of drug-likeness (QED) is 0.796. The Kier molecular flexibility index (Phi) is 5.94. The molecular weight excluding hydrogens is 408 g/mol. The van der Waals surface area contributed by atoms with Gasteiger partial charge < -0.3 is 24.6 Å². The summed E-state index contributed by atoms with van der Waals surface area (Å²) >= 11 is 0. The molecule has 1 atom stereocenters. The zero-order valence-corrected chi connectivity index (χ0v) is 18.0. The average molecular weight is 437 g/mol. The van der Waals surface area contributed by atoms with E-state index in [1.54, 1.807) is 11.1 Å². The van der Waals surface area contributed by atoms with E-state index in [2.05, 4.69) is 10.3 Å². The highest BCUT2D eigenvalue weighted by molar-refractivity contribution is 5.89. The monoisotopic (exact) mass is 436 g/mol. The Labute approximate surface area is 187 Å². The van der Waals surface area contributed by atoms with Gasteiger partial charge in [-0.2, -0.15) is 0 Å². The minimum Gasteiger partial charge on any atom is -0.490 e. The van der Waals surface area contributed by atoms with E-state index in [0.717, 1.165) is 48.2 Å². The van der Waals surface area contributed by atoms with E-state index in [-0.39, 0.29) is 24.1 Å². The van der Waals surface area contributed by atoms with Crippen LogP contribution in [-0.4, -0.2) is 58.6 Å². The van der Waals surface area contributed by atoms with Gasteiger partial charge in [-0.15, -0.1) is 0 Å². The summed E-state index contributed by atoms with van der Waals surface area (Å²) in [5.41, 5.74) is 2.96. The Morgan fingerprint density at radius 3 is 2.50 bits per heavy atom. The zero-order valence-electron chi connectivity index (χ0n) is 18.0. The van der Waals surface area contributed by atoms with Gasteiger partial charge in [0.2, 0.25) is 0 Å². The number of fused-ring (bicyclic) bond motifs is 1. The number of ether oxygens (including phenoxy) is 2. The van der Waals surface area contributed by atoms with E-state index in [4.69, 9.17) is 9.47 Å². The molecular formula is C24H28N4O4. The van der Waals surface area contributed by atoms with Gasteiger partial charge in [-0.05, 0) is 54.3 Å². The first kappa shape index (κ1) is 20.8. The maximum absolute atomic E-state index is 12.6. The molecule has 8 heteroatoms. The zero-order chi connectivity index (χ0) is 21.9. The molecule has 0 aliphatic carbocycles. The molecule has 0 bridgehead atoms. The number of nitrogens with one attached hydrogen (secondary N) is 1. The normalized spacial score (nSPS) is 20.8. The number of anilines is 1. The summed E-state index contributed by atoms with van der Waals surface area (Å²) in [6, 6.07) is 9.29. The molecule has 2 aromatic rings. The molecule has 0 radical (unpaired) electrons. The van der Waals surface area contributed by atoms with Gasteiger partial charge in [-0.1, -0.05) is 0 Å². The summed E-state index contributed by atoms with van der Waals surface area (Å²) in [6.45, 7) is 3.26. The van der Waals surface area contributed by atoms with Crippen LogP contribution in [0.2, 0.25) is 0 Å². The van der Waals surface area contributed by atoms with Crippen molar-refractivity contribution in [1.29, 1.82) is 0 Å². The lowest BCUT2D eigenvalue weighted by atomic mass is 10.1. The highest BCUT2D eigenvalue weighted by Crippen LogP contribution is 2.25. The van der Waals surface area contributed by atoms with Crippen molar-refractivity contribution in [2.45, 2.75) is 51.0 Å². The Balaban J connectivity index is 1.09. The van der Waals surface area contributed by atoms with Gasteiger partial charge in [0.15, 0.2) is 0 Å². The van der Waals surface area contributed by atoms with Gasteiger partial charge in [0.1, 0.15) is 18.0 Å². The number of benzene rings is 1. The van der Waals surface area contributed by atoms with Crippen LogP contribution >= 0.6 is 0 Å². The van der Waals surface area contributed by atoms with Crippen LogP contribution in [0, 0.1) is 0 Å². The third-order valence-electron chi connectivity index (χ3n) is 6.38. The molecule has 168 valence electrons. The molecule has 3 aliphatic rings. The second kappa shape index (κ2) is 9.16. The maximum Gasteiger partial charge on any atom is 0.322 e. The Morgan fingerprint density at radius 2 is 1.78 bits per heavy atom. The van der Waals surface area contributed by atoms with Gasteiger partial charge in [0.25, 0.3) is 5.91 Å². The average Bonchev–Trinajstić information content (AvgIpc) is 3.51. The van der Waals surface area contributed by atoms with Crippen molar-refractivity contribution in [2.24, 2.45) is 0 Å². The molecule has 0 spiro atoms. The first-order valence-electron chi connectivity index (χ1n) is 11.3. The fraction of sp³-hybridized carbons (Fsp3) is 0.458. The van der Waals surface area contributed by atoms with Crippen LogP contribution in [0.1, 0.15) is 36.8 Å². The van der Waals surface area contributed by atoms with E-state index in [0.29, 0.717) is 32.8 Å². The number of nitrogens with zero attached hydrogens (tertiary/aromatic N) is 3. The first-order valence-corrected chi connectivity index (χ1v) is 11.3.